The highest BCUT2D eigenvalue weighted by Crippen LogP contribution is 2.23. The van der Waals surface area contributed by atoms with Crippen molar-refractivity contribution >= 4 is 11.9 Å². The number of hydrogen-bond donors (Lipinski definition) is 1. The van der Waals surface area contributed by atoms with Crippen LogP contribution in [-0.4, -0.2) is 35.5 Å². The third-order valence-corrected chi connectivity index (χ3v) is 4.44. The molecular weight excluding hydrogens is 319 g/mol. The molecule has 1 unspecified atom stereocenters. The second kappa shape index (κ2) is 8.05. The quantitative estimate of drug-likeness (QED) is 0.907. The average molecular weight is 342 g/mol. The van der Waals surface area contributed by atoms with Crippen LogP contribution in [0.1, 0.15) is 26.2 Å². The lowest BCUT2D eigenvalue weighted by atomic mass is 9.97. The van der Waals surface area contributed by atoms with Crippen LogP contribution in [0, 0.1) is 11.7 Å². The number of aromatic nitrogens is 2. The first kappa shape index (κ1) is 17.3. The molecule has 25 heavy (non-hydrogen) atoms. The molecule has 0 bridgehead atoms. The van der Waals surface area contributed by atoms with Crippen LogP contribution in [0.15, 0.2) is 36.7 Å². The van der Waals surface area contributed by atoms with E-state index in [1.165, 1.54) is 12.1 Å². The number of carbonyl (C=O) groups is 1. The van der Waals surface area contributed by atoms with E-state index in [1.54, 1.807) is 24.5 Å². The van der Waals surface area contributed by atoms with Crippen LogP contribution in [0.5, 0.6) is 0 Å². The highest BCUT2D eigenvalue weighted by Gasteiger charge is 2.26. The van der Waals surface area contributed by atoms with Crippen LogP contribution in [-0.2, 0) is 4.79 Å². The highest BCUT2D eigenvalue weighted by molar-refractivity contribution is 5.79. The van der Waals surface area contributed by atoms with Gasteiger partial charge < -0.3 is 10.2 Å². The maximum Gasteiger partial charge on any atom is 0.225 e. The van der Waals surface area contributed by atoms with Gasteiger partial charge in [-0.3, -0.25) is 4.79 Å². The van der Waals surface area contributed by atoms with Crippen molar-refractivity contribution in [3.63, 3.8) is 0 Å². The largest absolute Gasteiger partial charge is 0.356 e. The summed E-state index contributed by atoms with van der Waals surface area (Å²) < 4.78 is 13.0. The minimum atomic E-state index is -0.262. The van der Waals surface area contributed by atoms with Crippen LogP contribution < -0.4 is 10.2 Å². The summed E-state index contributed by atoms with van der Waals surface area (Å²) in [7, 11) is 0. The summed E-state index contributed by atoms with van der Waals surface area (Å²) in [5, 5.41) is 2.97. The Morgan fingerprint density at radius 1 is 1.24 bits per heavy atom. The van der Waals surface area contributed by atoms with Crippen LogP contribution >= 0.6 is 0 Å². The maximum absolute atomic E-state index is 13.0. The smallest absolute Gasteiger partial charge is 0.225 e. The summed E-state index contributed by atoms with van der Waals surface area (Å²) in [5.41, 5.74) is 1.72. The molecule has 1 amide bonds. The normalized spacial score (nSPS) is 17.4. The first-order valence-electron chi connectivity index (χ1n) is 8.78. The van der Waals surface area contributed by atoms with Crippen LogP contribution in [0.25, 0.3) is 11.1 Å². The summed E-state index contributed by atoms with van der Waals surface area (Å²) in [6.45, 7) is 4.26. The van der Waals surface area contributed by atoms with Gasteiger partial charge in [0.05, 0.1) is 5.92 Å². The molecule has 1 aromatic heterocycles. The van der Waals surface area contributed by atoms with Gasteiger partial charge >= 0.3 is 0 Å². The number of rotatable bonds is 5. The van der Waals surface area contributed by atoms with Gasteiger partial charge in [0.25, 0.3) is 0 Å². The minimum absolute atomic E-state index is 0.0133. The molecule has 3 rings (SSSR count). The fraction of sp³-hybridized carbons (Fsp3) is 0.421. The summed E-state index contributed by atoms with van der Waals surface area (Å²) >= 11 is 0. The van der Waals surface area contributed by atoms with E-state index >= 15 is 0 Å². The molecule has 0 aliphatic carbocycles. The molecule has 1 N–H and O–H groups in total. The number of amides is 1. The van der Waals surface area contributed by atoms with Crippen molar-refractivity contribution < 1.29 is 9.18 Å². The number of benzene rings is 1. The Kier molecular flexibility index (Phi) is 5.58. The molecule has 5 nitrogen and oxygen atoms in total. The van der Waals surface area contributed by atoms with Crippen molar-refractivity contribution in [3.8, 4) is 11.1 Å². The molecule has 1 aliphatic heterocycles. The molecule has 2 aromatic rings. The van der Waals surface area contributed by atoms with E-state index in [1.807, 2.05) is 6.92 Å². The monoisotopic (exact) mass is 342 g/mol. The van der Waals surface area contributed by atoms with Gasteiger partial charge in [-0.1, -0.05) is 19.1 Å². The van der Waals surface area contributed by atoms with E-state index in [-0.39, 0.29) is 17.6 Å². The van der Waals surface area contributed by atoms with Crippen molar-refractivity contribution in [2.24, 2.45) is 5.92 Å². The van der Waals surface area contributed by atoms with Crippen LogP contribution in [0.2, 0.25) is 0 Å². The summed E-state index contributed by atoms with van der Waals surface area (Å²) in [6.07, 6.45) is 6.29. The van der Waals surface area contributed by atoms with E-state index < -0.39 is 0 Å². The van der Waals surface area contributed by atoms with Gasteiger partial charge in [-0.25, -0.2) is 14.4 Å². The lowest BCUT2D eigenvalue weighted by Gasteiger charge is -2.32. The standard InChI is InChI=1S/C19H23FN4O/c1-2-9-21-18(25)15-4-3-10-24(13-15)19-22-11-16(12-23-19)14-5-7-17(20)8-6-14/h5-8,11-12,15H,2-4,9-10,13H2,1H3,(H,21,25). The molecule has 0 saturated carbocycles. The second-order valence-corrected chi connectivity index (χ2v) is 6.35. The topological polar surface area (TPSA) is 58.1 Å². The molecule has 0 spiro atoms. The lowest BCUT2D eigenvalue weighted by molar-refractivity contribution is -0.125. The molecule has 1 fully saturated rings. The van der Waals surface area contributed by atoms with Crippen molar-refractivity contribution in [1.82, 2.24) is 15.3 Å². The zero-order valence-electron chi connectivity index (χ0n) is 14.4. The first-order chi connectivity index (χ1) is 12.2. The molecule has 132 valence electrons. The van der Waals surface area contributed by atoms with Gasteiger partial charge in [0.15, 0.2) is 0 Å². The molecule has 1 saturated heterocycles. The Balaban J connectivity index is 1.67. The number of halogens is 1. The number of piperidine rings is 1. The molecular formula is C19H23FN4O. The first-order valence-corrected chi connectivity index (χ1v) is 8.78. The molecule has 2 heterocycles. The van der Waals surface area contributed by atoms with Gasteiger partial charge in [-0.15, -0.1) is 0 Å². The lowest BCUT2D eigenvalue weighted by Crippen LogP contribution is -2.43. The Bertz CT molecular complexity index is 702. The molecule has 1 aliphatic rings. The predicted octanol–water partition coefficient (Wildman–Crippen LogP) is 3.03. The Labute approximate surface area is 147 Å². The second-order valence-electron chi connectivity index (χ2n) is 6.35. The van der Waals surface area contributed by atoms with Crippen molar-refractivity contribution in [2.75, 3.05) is 24.5 Å². The van der Waals surface area contributed by atoms with Gasteiger partial charge in [0, 0.05) is 37.6 Å². The summed E-state index contributed by atoms with van der Waals surface area (Å²) in [4.78, 5) is 23.1. The number of hydrogen-bond acceptors (Lipinski definition) is 4. The fourth-order valence-corrected chi connectivity index (χ4v) is 3.04. The number of anilines is 1. The summed E-state index contributed by atoms with van der Waals surface area (Å²) in [5.74, 6) is 0.482. The number of nitrogens with zero attached hydrogens (tertiary/aromatic N) is 3. The molecule has 1 aromatic carbocycles. The molecule has 0 radical (unpaired) electrons. The van der Waals surface area contributed by atoms with E-state index in [2.05, 4.69) is 20.2 Å². The molecule has 6 heteroatoms. The SMILES string of the molecule is CCCNC(=O)C1CCCN(c2ncc(-c3ccc(F)cc3)cn2)C1. The number of carbonyl (C=O) groups excluding carboxylic acids is 1. The van der Waals surface area contributed by atoms with Gasteiger partial charge in [0.1, 0.15) is 5.82 Å². The van der Waals surface area contributed by atoms with Crippen LogP contribution in [0.3, 0.4) is 0 Å². The van der Waals surface area contributed by atoms with E-state index in [0.29, 0.717) is 12.5 Å². The third-order valence-electron chi connectivity index (χ3n) is 4.44. The highest BCUT2D eigenvalue weighted by atomic mass is 19.1. The van der Waals surface area contributed by atoms with Gasteiger partial charge in [-0.05, 0) is 37.0 Å². The Morgan fingerprint density at radius 2 is 1.96 bits per heavy atom. The zero-order valence-corrected chi connectivity index (χ0v) is 14.4. The Hall–Kier alpha value is -2.50. The third kappa shape index (κ3) is 4.32. The Morgan fingerprint density at radius 3 is 2.64 bits per heavy atom. The average Bonchev–Trinajstić information content (AvgIpc) is 2.67. The van der Waals surface area contributed by atoms with Gasteiger partial charge in [0.2, 0.25) is 11.9 Å². The fourth-order valence-electron chi connectivity index (χ4n) is 3.04. The van der Waals surface area contributed by atoms with Crippen LogP contribution in [0.4, 0.5) is 10.3 Å². The van der Waals surface area contributed by atoms with E-state index in [9.17, 15) is 9.18 Å². The maximum atomic E-state index is 13.0. The zero-order chi connectivity index (χ0) is 17.6. The van der Waals surface area contributed by atoms with Crippen molar-refractivity contribution in [2.45, 2.75) is 26.2 Å². The van der Waals surface area contributed by atoms with Crippen molar-refractivity contribution in [1.29, 1.82) is 0 Å². The van der Waals surface area contributed by atoms with Crippen molar-refractivity contribution in [3.05, 3.63) is 42.5 Å². The number of nitrogens with one attached hydrogen (secondary N) is 1. The predicted molar refractivity (Wildman–Crippen MR) is 95.7 cm³/mol. The van der Waals surface area contributed by atoms with Gasteiger partial charge in [-0.2, -0.15) is 0 Å². The minimum Gasteiger partial charge on any atom is -0.356 e. The molecule has 1 atom stereocenters. The van der Waals surface area contributed by atoms with E-state index in [4.69, 9.17) is 0 Å². The van der Waals surface area contributed by atoms with E-state index in [0.717, 1.165) is 43.5 Å². The summed E-state index contributed by atoms with van der Waals surface area (Å²) in [6, 6.07) is 6.27.